The molecule has 0 saturated carbocycles. The SMILES string of the molecule is Cc1cc(C)c(C)c(S(=O)(=O)NCCCn2cc(Br)cn2)c1C. The van der Waals surface area contributed by atoms with Crippen molar-refractivity contribution < 1.29 is 8.42 Å². The Bertz CT molecular complexity index is 787. The fourth-order valence-corrected chi connectivity index (χ4v) is 4.58. The van der Waals surface area contributed by atoms with Crippen molar-refractivity contribution in [2.75, 3.05) is 6.54 Å². The number of nitrogens with one attached hydrogen (secondary N) is 1. The fourth-order valence-electron chi connectivity index (χ4n) is 2.56. The second-order valence-electron chi connectivity index (χ2n) is 5.76. The van der Waals surface area contributed by atoms with Crippen LogP contribution in [0.3, 0.4) is 0 Å². The van der Waals surface area contributed by atoms with Crippen molar-refractivity contribution in [1.29, 1.82) is 0 Å². The van der Waals surface area contributed by atoms with Crippen LogP contribution in [0.15, 0.2) is 27.8 Å². The first-order valence-electron chi connectivity index (χ1n) is 7.47. The van der Waals surface area contributed by atoms with E-state index in [0.29, 0.717) is 24.4 Å². The van der Waals surface area contributed by atoms with Crippen molar-refractivity contribution in [3.63, 3.8) is 0 Å². The predicted octanol–water partition coefficient (Wildman–Crippen LogP) is 3.25. The largest absolute Gasteiger partial charge is 0.272 e. The standard InChI is InChI=1S/C16H22BrN3O2S/c1-11-8-12(2)14(4)16(13(11)3)23(21,22)19-6-5-7-20-10-15(17)9-18-20/h8-10,19H,5-7H2,1-4H3. The summed E-state index contributed by atoms with van der Waals surface area (Å²) in [7, 11) is -3.50. The Balaban J connectivity index is 2.08. The van der Waals surface area contributed by atoms with Gasteiger partial charge in [0.25, 0.3) is 0 Å². The highest BCUT2D eigenvalue weighted by atomic mass is 79.9. The van der Waals surface area contributed by atoms with Crippen LogP contribution in [0.5, 0.6) is 0 Å². The van der Waals surface area contributed by atoms with Gasteiger partial charge in [-0.15, -0.1) is 0 Å². The summed E-state index contributed by atoms with van der Waals surface area (Å²) in [5.41, 5.74) is 3.62. The Kier molecular flexibility index (Phi) is 5.65. The molecule has 0 bridgehead atoms. The predicted molar refractivity (Wildman–Crippen MR) is 95.1 cm³/mol. The molecule has 1 heterocycles. The molecule has 23 heavy (non-hydrogen) atoms. The first-order chi connectivity index (χ1) is 10.7. The second kappa shape index (κ2) is 7.15. The maximum atomic E-state index is 12.7. The molecule has 2 aromatic rings. The van der Waals surface area contributed by atoms with Gasteiger partial charge in [-0.1, -0.05) is 6.07 Å². The summed E-state index contributed by atoms with van der Waals surface area (Å²) >= 11 is 3.34. The average molecular weight is 400 g/mol. The number of halogens is 1. The van der Waals surface area contributed by atoms with Crippen molar-refractivity contribution >= 4 is 26.0 Å². The highest BCUT2D eigenvalue weighted by Crippen LogP contribution is 2.25. The lowest BCUT2D eigenvalue weighted by Crippen LogP contribution is -2.27. The molecule has 7 heteroatoms. The van der Waals surface area contributed by atoms with Crippen LogP contribution in [0.4, 0.5) is 0 Å². The molecular formula is C16H22BrN3O2S. The summed E-state index contributed by atoms with van der Waals surface area (Å²) in [6.45, 7) is 8.65. The van der Waals surface area contributed by atoms with Gasteiger partial charge in [0.05, 0.1) is 15.6 Å². The van der Waals surface area contributed by atoms with E-state index in [2.05, 4.69) is 25.8 Å². The molecule has 1 N–H and O–H groups in total. The van der Waals surface area contributed by atoms with E-state index >= 15 is 0 Å². The minimum Gasteiger partial charge on any atom is -0.272 e. The first kappa shape index (κ1) is 18.2. The number of hydrogen-bond donors (Lipinski definition) is 1. The maximum Gasteiger partial charge on any atom is 0.241 e. The molecule has 0 fully saturated rings. The van der Waals surface area contributed by atoms with Gasteiger partial charge in [0, 0.05) is 19.3 Å². The third-order valence-electron chi connectivity index (χ3n) is 4.02. The van der Waals surface area contributed by atoms with E-state index in [0.717, 1.165) is 26.7 Å². The van der Waals surface area contributed by atoms with Gasteiger partial charge in [0.2, 0.25) is 10.0 Å². The van der Waals surface area contributed by atoms with Crippen LogP contribution in [0.2, 0.25) is 0 Å². The molecule has 0 spiro atoms. The van der Waals surface area contributed by atoms with Crippen LogP contribution in [-0.4, -0.2) is 24.7 Å². The highest BCUT2D eigenvalue weighted by Gasteiger charge is 2.21. The van der Waals surface area contributed by atoms with Crippen LogP contribution >= 0.6 is 15.9 Å². The molecule has 0 unspecified atom stereocenters. The van der Waals surface area contributed by atoms with Gasteiger partial charge in [-0.2, -0.15) is 5.10 Å². The highest BCUT2D eigenvalue weighted by molar-refractivity contribution is 9.10. The number of aryl methyl sites for hydroxylation is 3. The summed E-state index contributed by atoms with van der Waals surface area (Å²) < 4.78 is 30.7. The van der Waals surface area contributed by atoms with Gasteiger partial charge in [0.15, 0.2) is 0 Å². The topological polar surface area (TPSA) is 64.0 Å². The molecule has 0 aliphatic carbocycles. The molecule has 1 aromatic heterocycles. The van der Waals surface area contributed by atoms with Crippen LogP contribution in [-0.2, 0) is 16.6 Å². The number of nitrogens with zero attached hydrogens (tertiary/aromatic N) is 2. The Morgan fingerprint density at radius 3 is 2.30 bits per heavy atom. The van der Waals surface area contributed by atoms with Gasteiger partial charge >= 0.3 is 0 Å². The molecule has 0 amide bonds. The molecule has 5 nitrogen and oxygen atoms in total. The Hall–Kier alpha value is -1.18. The number of sulfonamides is 1. The van der Waals surface area contributed by atoms with Crippen molar-refractivity contribution in [1.82, 2.24) is 14.5 Å². The molecule has 126 valence electrons. The molecule has 0 saturated heterocycles. The van der Waals surface area contributed by atoms with E-state index in [4.69, 9.17) is 0 Å². The van der Waals surface area contributed by atoms with E-state index in [1.807, 2.05) is 40.0 Å². The number of benzene rings is 1. The maximum absolute atomic E-state index is 12.7. The van der Waals surface area contributed by atoms with Crippen LogP contribution in [0, 0.1) is 27.7 Å². The zero-order valence-corrected chi connectivity index (χ0v) is 16.3. The van der Waals surface area contributed by atoms with E-state index in [-0.39, 0.29) is 0 Å². The van der Waals surface area contributed by atoms with Gasteiger partial charge in [0.1, 0.15) is 0 Å². The van der Waals surface area contributed by atoms with Gasteiger partial charge in [-0.25, -0.2) is 13.1 Å². The fraction of sp³-hybridized carbons (Fsp3) is 0.438. The zero-order valence-electron chi connectivity index (χ0n) is 13.9. The van der Waals surface area contributed by atoms with Gasteiger partial charge < -0.3 is 0 Å². The Morgan fingerprint density at radius 2 is 1.78 bits per heavy atom. The summed E-state index contributed by atoms with van der Waals surface area (Å²) in [6.07, 6.45) is 4.26. The molecule has 0 aliphatic heterocycles. The van der Waals surface area contributed by atoms with Crippen molar-refractivity contribution in [3.05, 3.63) is 45.2 Å². The quantitative estimate of drug-likeness (QED) is 0.758. The second-order valence-corrected chi connectivity index (χ2v) is 8.38. The van der Waals surface area contributed by atoms with Crippen LogP contribution in [0.1, 0.15) is 28.7 Å². The molecule has 1 aromatic carbocycles. The third-order valence-corrected chi connectivity index (χ3v) is 6.17. The lowest BCUT2D eigenvalue weighted by atomic mass is 10.0. The minimum absolute atomic E-state index is 0.381. The minimum atomic E-state index is -3.50. The van der Waals surface area contributed by atoms with Crippen molar-refractivity contribution in [2.45, 2.75) is 45.6 Å². The number of rotatable bonds is 6. The summed E-state index contributed by atoms with van der Waals surface area (Å²) in [6, 6.07) is 2.03. The van der Waals surface area contributed by atoms with E-state index < -0.39 is 10.0 Å². The van der Waals surface area contributed by atoms with Crippen LogP contribution < -0.4 is 4.72 Å². The summed E-state index contributed by atoms with van der Waals surface area (Å²) in [4.78, 5) is 0.414. The van der Waals surface area contributed by atoms with E-state index in [1.54, 1.807) is 10.9 Å². The van der Waals surface area contributed by atoms with Crippen molar-refractivity contribution in [3.8, 4) is 0 Å². The number of aromatic nitrogens is 2. The smallest absolute Gasteiger partial charge is 0.241 e. The molecule has 2 rings (SSSR count). The summed E-state index contributed by atoms with van der Waals surface area (Å²) in [5.74, 6) is 0. The number of hydrogen-bond acceptors (Lipinski definition) is 3. The zero-order chi connectivity index (χ0) is 17.2. The van der Waals surface area contributed by atoms with E-state index in [1.165, 1.54) is 0 Å². The lowest BCUT2D eigenvalue weighted by molar-refractivity contribution is 0.552. The normalized spacial score (nSPS) is 11.9. The Labute approximate surface area is 146 Å². The molecule has 0 radical (unpaired) electrons. The van der Waals surface area contributed by atoms with E-state index in [9.17, 15) is 8.42 Å². The van der Waals surface area contributed by atoms with Crippen LogP contribution in [0.25, 0.3) is 0 Å². The van der Waals surface area contributed by atoms with Gasteiger partial charge in [-0.3, -0.25) is 4.68 Å². The molecular weight excluding hydrogens is 378 g/mol. The first-order valence-corrected chi connectivity index (χ1v) is 9.75. The van der Waals surface area contributed by atoms with Gasteiger partial charge in [-0.05, 0) is 72.3 Å². The Morgan fingerprint density at radius 1 is 1.17 bits per heavy atom. The summed E-state index contributed by atoms with van der Waals surface area (Å²) in [5, 5.41) is 4.15. The van der Waals surface area contributed by atoms with Crippen molar-refractivity contribution in [2.24, 2.45) is 0 Å². The molecule has 0 aliphatic rings. The molecule has 0 atom stereocenters. The monoisotopic (exact) mass is 399 g/mol. The average Bonchev–Trinajstić information content (AvgIpc) is 2.87. The third kappa shape index (κ3) is 4.22. The lowest BCUT2D eigenvalue weighted by Gasteiger charge is -2.16.